The zero-order valence-electron chi connectivity index (χ0n) is 18.9. The highest BCUT2D eigenvalue weighted by atomic mass is 35.5. The van der Waals surface area contributed by atoms with Crippen molar-refractivity contribution in [1.82, 2.24) is 24.6 Å². The minimum absolute atomic E-state index is 0.217. The molecule has 4 N–H and O–H groups in total. The molecule has 1 atom stereocenters. The molecule has 10 nitrogen and oxygen atoms in total. The number of amides is 2. The predicted molar refractivity (Wildman–Crippen MR) is 137 cm³/mol. The van der Waals surface area contributed by atoms with Crippen LogP contribution in [0.5, 0.6) is 0 Å². The first-order chi connectivity index (χ1) is 17.3. The number of benzene rings is 1. The summed E-state index contributed by atoms with van der Waals surface area (Å²) < 4.78 is 1.72. The van der Waals surface area contributed by atoms with Crippen molar-refractivity contribution in [2.24, 2.45) is 0 Å². The Kier molecular flexibility index (Phi) is 6.38. The van der Waals surface area contributed by atoms with Gasteiger partial charge in [0.2, 0.25) is 0 Å². The lowest BCUT2D eigenvalue weighted by Gasteiger charge is -2.31. The molecule has 1 aliphatic heterocycles. The molecule has 4 aromatic rings. The molecule has 0 unspecified atom stereocenters. The summed E-state index contributed by atoms with van der Waals surface area (Å²) in [6.07, 6.45) is 3.46. The molecule has 0 aliphatic carbocycles. The number of carbonyl (C=O) groups is 2. The number of piperidine rings is 1. The van der Waals surface area contributed by atoms with Crippen molar-refractivity contribution in [2.75, 3.05) is 24.1 Å². The van der Waals surface area contributed by atoms with Gasteiger partial charge in [-0.15, -0.1) is 0 Å². The summed E-state index contributed by atoms with van der Waals surface area (Å²) in [5.74, 6) is 0.274. The summed E-state index contributed by atoms with van der Waals surface area (Å²) in [6.45, 7) is 0.730. The summed E-state index contributed by atoms with van der Waals surface area (Å²) in [5, 5.41) is 18.1. The summed E-state index contributed by atoms with van der Waals surface area (Å²) in [4.78, 5) is 33.9. The van der Waals surface area contributed by atoms with Crippen LogP contribution >= 0.6 is 23.2 Å². The number of hydrogen-bond donors (Lipinski definition) is 3. The van der Waals surface area contributed by atoms with Gasteiger partial charge >= 0.3 is 6.09 Å². The highest BCUT2D eigenvalue weighted by molar-refractivity contribution is 6.37. The number of fused-ring (bicyclic) bond motifs is 1. The summed E-state index contributed by atoms with van der Waals surface area (Å²) >= 11 is 13.2. The summed E-state index contributed by atoms with van der Waals surface area (Å²) in [5.41, 5.74) is 8.14. The first-order valence-corrected chi connectivity index (χ1v) is 11.9. The zero-order chi connectivity index (χ0) is 25.4. The van der Waals surface area contributed by atoms with E-state index in [2.05, 4.69) is 15.3 Å². The van der Waals surface area contributed by atoms with Gasteiger partial charge in [0.15, 0.2) is 0 Å². The normalized spacial score (nSPS) is 15.7. The van der Waals surface area contributed by atoms with Crippen LogP contribution in [0.15, 0.2) is 48.8 Å². The van der Waals surface area contributed by atoms with Crippen LogP contribution in [0, 0.1) is 0 Å². The van der Waals surface area contributed by atoms with Crippen molar-refractivity contribution >= 4 is 57.7 Å². The van der Waals surface area contributed by atoms with Gasteiger partial charge < -0.3 is 21.1 Å². The number of nitrogens with two attached hydrogens (primary N) is 1. The molecule has 4 heterocycles. The Bertz CT molecular complexity index is 1480. The molecule has 0 spiro atoms. The molecule has 0 radical (unpaired) electrons. The van der Waals surface area contributed by atoms with Gasteiger partial charge in [-0.1, -0.05) is 35.3 Å². The van der Waals surface area contributed by atoms with E-state index >= 15 is 0 Å². The fourth-order valence-electron chi connectivity index (χ4n) is 4.41. The SMILES string of the molecule is Nc1ncc(Cl)c2c1c(-c1ccc(C(=O)Nc3ccccn3)cc1Cl)nn2[C@@H]1CCCN(C(=O)O)C1. The van der Waals surface area contributed by atoms with Crippen LogP contribution in [0.25, 0.3) is 22.2 Å². The van der Waals surface area contributed by atoms with Crippen LogP contribution in [0.3, 0.4) is 0 Å². The quantitative estimate of drug-likeness (QED) is 0.342. The molecule has 1 aromatic carbocycles. The van der Waals surface area contributed by atoms with E-state index in [0.717, 1.165) is 6.42 Å². The average molecular weight is 526 g/mol. The summed E-state index contributed by atoms with van der Waals surface area (Å²) in [6, 6.07) is 9.82. The van der Waals surface area contributed by atoms with Crippen LogP contribution in [0.1, 0.15) is 29.2 Å². The van der Waals surface area contributed by atoms with E-state index in [9.17, 15) is 14.7 Å². The predicted octanol–water partition coefficient (Wildman–Crippen LogP) is 4.95. The van der Waals surface area contributed by atoms with Crippen LogP contribution in [0.2, 0.25) is 10.0 Å². The van der Waals surface area contributed by atoms with Crippen molar-refractivity contribution in [3.63, 3.8) is 0 Å². The molecule has 1 saturated heterocycles. The monoisotopic (exact) mass is 525 g/mol. The number of halogens is 2. The zero-order valence-corrected chi connectivity index (χ0v) is 20.4. The van der Waals surface area contributed by atoms with E-state index < -0.39 is 6.09 Å². The second kappa shape index (κ2) is 9.63. The van der Waals surface area contributed by atoms with Gasteiger partial charge in [-0.25, -0.2) is 14.8 Å². The third-order valence-corrected chi connectivity index (χ3v) is 6.70. The molecule has 3 aromatic heterocycles. The number of carboxylic acid groups (broad SMARTS) is 1. The Morgan fingerprint density at radius 2 is 1.97 bits per heavy atom. The first-order valence-electron chi connectivity index (χ1n) is 11.2. The largest absolute Gasteiger partial charge is 0.465 e. The second-order valence-corrected chi connectivity index (χ2v) is 9.21. The van der Waals surface area contributed by atoms with Crippen LogP contribution in [0.4, 0.5) is 16.4 Å². The van der Waals surface area contributed by atoms with Crippen molar-refractivity contribution in [3.05, 3.63) is 64.4 Å². The van der Waals surface area contributed by atoms with E-state index in [0.29, 0.717) is 51.5 Å². The Hall–Kier alpha value is -3.89. The number of anilines is 2. The van der Waals surface area contributed by atoms with E-state index in [-0.39, 0.29) is 29.3 Å². The molecule has 1 aliphatic rings. The molecular formula is C24H21Cl2N7O3. The fraction of sp³-hybridized carbons (Fsp3) is 0.208. The van der Waals surface area contributed by atoms with Gasteiger partial charge in [0.1, 0.15) is 17.3 Å². The Morgan fingerprint density at radius 1 is 1.14 bits per heavy atom. The summed E-state index contributed by atoms with van der Waals surface area (Å²) in [7, 11) is 0. The number of pyridine rings is 2. The third-order valence-electron chi connectivity index (χ3n) is 6.12. The molecule has 12 heteroatoms. The Balaban J connectivity index is 1.56. The van der Waals surface area contributed by atoms with Gasteiger partial charge in [0, 0.05) is 30.4 Å². The number of nitrogen functional groups attached to an aromatic ring is 1. The van der Waals surface area contributed by atoms with Crippen molar-refractivity contribution in [2.45, 2.75) is 18.9 Å². The lowest BCUT2D eigenvalue weighted by atomic mass is 10.0. The number of nitrogens with zero attached hydrogens (tertiary/aromatic N) is 5. The van der Waals surface area contributed by atoms with Crippen LogP contribution < -0.4 is 11.1 Å². The van der Waals surface area contributed by atoms with Gasteiger partial charge in [-0.2, -0.15) is 5.10 Å². The van der Waals surface area contributed by atoms with Gasteiger partial charge in [0.25, 0.3) is 5.91 Å². The molecule has 5 rings (SSSR count). The minimum Gasteiger partial charge on any atom is -0.465 e. The van der Waals surface area contributed by atoms with Gasteiger partial charge in [-0.05, 0) is 37.1 Å². The highest BCUT2D eigenvalue weighted by Gasteiger charge is 2.29. The van der Waals surface area contributed by atoms with Crippen molar-refractivity contribution in [3.8, 4) is 11.3 Å². The van der Waals surface area contributed by atoms with Crippen LogP contribution in [-0.4, -0.2) is 54.8 Å². The van der Waals surface area contributed by atoms with Crippen LogP contribution in [-0.2, 0) is 0 Å². The third kappa shape index (κ3) is 4.40. The van der Waals surface area contributed by atoms with Crippen molar-refractivity contribution < 1.29 is 14.7 Å². The maximum atomic E-state index is 12.7. The molecule has 1 fully saturated rings. The standard InChI is InChI=1S/C24H21Cl2N7O3/c25-16-10-13(23(34)30-18-5-1-2-8-28-18)6-7-15(16)20-19-21(17(26)11-29-22(19)27)33(31-20)14-4-3-9-32(12-14)24(35)36/h1-2,5-8,10-11,14H,3-4,9,12H2,(H2,27,29)(H,35,36)(H,28,30,34)/t14-/m1/s1. The lowest BCUT2D eigenvalue weighted by Crippen LogP contribution is -2.40. The lowest BCUT2D eigenvalue weighted by molar-refractivity contribution is 0.102. The number of likely N-dealkylation sites (tertiary alicyclic amines) is 1. The molecule has 184 valence electrons. The van der Waals surface area contributed by atoms with Gasteiger partial charge in [0.05, 0.1) is 33.2 Å². The van der Waals surface area contributed by atoms with E-state index in [1.807, 2.05) is 0 Å². The molecule has 36 heavy (non-hydrogen) atoms. The molecule has 0 saturated carbocycles. The number of carbonyl (C=O) groups excluding carboxylic acids is 1. The minimum atomic E-state index is -0.980. The Morgan fingerprint density at radius 3 is 2.69 bits per heavy atom. The van der Waals surface area contributed by atoms with E-state index in [4.69, 9.17) is 34.0 Å². The fourth-order valence-corrected chi connectivity index (χ4v) is 4.91. The van der Waals surface area contributed by atoms with Crippen molar-refractivity contribution in [1.29, 1.82) is 0 Å². The molecular weight excluding hydrogens is 505 g/mol. The van der Waals surface area contributed by atoms with E-state index in [1.54, 1.807) is 47.3 Å². The second-order valence-electron chi connectivity index (χ2n) is 8.40. The average Bonchev–Trinajstić information content (AvgIpc) is 3.28. The van der Waals surface area contributed by atoms with E-state index in [1.165, 1.54) is 11.1 Å². The molecule has 0 bridgehead atoms. The smallest absolute Gasteiger partial charge is 0.407 e. The maximum absolute atomic E-state index is 12.7. The Labute approximate surface area is 215 Å². The topological polar surface area (TPSA) is 139 Å². The number of nitrogens with one attached hydrogen (secondary N) is 1. The van der Waals surface area contributed by atoms with Gasteiger partial charge in [-0.3, -0.25) is 9.48 Å². The highest BCUT2D eigenvalue weighted by Crippen LogP contribution is 2.40. The maximum Gasteiger partial charge on any atom is 0.407 e. The number of rotatable bonds is 4. The molecule has 2 amide bonds. The number of hydrogen-bond acceptors (Lipinski definition) is 6. The number of aromatic nitrogens is 4. The first kappa shape index (κ1) is 23.8.